The molecule has 3 N–H and O–H groups in total. The molecule has 0 aliphatic rings. The first-order valence-corrected chi connectivity index (χ1v) is 9.14. The highest BCUT2D eigenvalue weighted by Crippen LogP contribution is 2.25. The fourth-order valence-corrected chi connectivity index (χ4v) is 2.86. The second-order valence-corrected chi connectivity index (χ2v) is 6.75. The van der Waals surface area contributed by atoms with E-state index in [0.29, 0.717) is 18.1 Å². The van der Waals surface area contributed by atoms with Crippen molar-refractivity contribution in [3.63, 3.8) is 0 Å². The third-order valence-corrected chi connectivity index (χ3v) is 4.35. The zero-order valence-electron chi connectivity index (χ0n) is 13.7. The van der Waals surface area contributed by atoms with Gasteiger partial charge in [0.1, 0.15) is 18.2 Å². The Bertz CT molecular complexity index is 688. The molecular formula is C18H21BrClFN2O2. The summed E-state index contributed by atoms with van der Waals surface area (Å²) < 4.78 is 20.0. The Balaban J connectivity index is 1.93. The third-order valence-electron chi connectivity index (χ3n) is 3.50. The smallest absolute Gasteiger partial charge is 0.124 e. The van der Waals surface area contributed by atoms with Crippen LogP contribution < -0.4 is 15.4 Å². The van der Waals surface area contributed by atoms with Crippen LogP contribution in [0.15, 0.2) is 40.9 Å². The molecule has 2 aromatic carbocycles. The Kier molecular flexibility index (Phi) is 8.64. The van der Waals surface area contributed by atoms with Crippen LogP contribution in [0.25, 0.3) is 0 Å². The van der Waals surface area contributed by atoms with Gasteiger partial charge < -0.3 is 20.5 Å². The molecule has 0 aliphatic heterocycles. The number of benzene rings is 2. The van der Waals surface area contributed by atoms with Gasteiger partial charge >= 0.3 is 0 Å². The van der Waals surface area contributed by atoms with E-state index in [0.717, 1.165) is 34.4 Å². The van der Waals surface area contributed by atoms with Crippen LogP contribution >= 0.6 is 27.5 Å². The van der Waals surface area contributed by atoms with Gasteiger partial charge in [0.25, 0.3) is 0 Å². The number of aliphatic hydroxyl groups excluding tert-OH is 1. The summed E-state index contributed by atoms with van der Waals surface area (Å²) in [6, 6.07) is 10.1. The minimum Gasteiger partial charge on any atom is -0.489 e. The first-order chi connectivity index (χ1) is 12.1. The molecule has 0 saturated heterocycles. The number of rotatable bonds is 10. The Hall–Kier alpha value is -1.18. The third kappa shape index (κ3) is 6.92. The van der Waals surface area contributed by atoms with Gasteiger partial charge in [-0.15, -0.1) is 0 Å². The highest BCUT2D eigenvalue weighted by molar-refractivity contribution is 9.10. The lowest BCUT2D eigenvalue weighted by atomic mass is 10.2. The molecule has 25 heavy (non-hydrogen) atoms. The van der Waals surface area contributed by atoms with Gasteiger partial charge in [0.05, 0.1) is 11.6 Å². The lowest BCUT2D eigenvalue weighted by molar-refractivity contribution is 0.292. The molecule has 7 heteroatoms. The van der Waals surface area contributed by atoms with Gasteiger partial charge in [-0.2, -0.15) is 0 Å². The van der Waals surface area contributed by atoms with Crippen molar-refractivity contribution in [2.24, 2.45) is 0 Å². The molecule has 0 bridgehead atoms. The molecule has 0 aliphatic carbocycles. The fourth-order valence-electron chi connectivity index (χ4n) is 2.23. The molecule has 0 amide bonds. The lowest BCUT2D eigenvalue weighted by Gasteiger charge is -2.14. The Morgan fingerprint density at radius 2 is 1.84 bits per heavy atom. The number of hydrogen-bond acceptors (Lipinski definition) is 4. The van der Waals surface area contributed by atoms with Crippen LogP contribution in [0.5, 0.6) is 5.75 Å². The second-order valence-electron chi connectivity index (χ2n) is 5.43. The van der Waals surface area contributed by atoms with E-state index in [9.17, 15) is 4.39 Å². The molecular weight excluding hydrogens is 411 g/mol. The second kappa shape index (κ2) is 10.7. The van der Waals surface area contributed by atoms with E-state index in [1.165, 1.54) is 12.1 Å². The zero-order chi connectivity index (χ0) is 18.1. The molecule has 136 valence electrons. The maximum absolute atomic E-state index is 13.1. The van der Waals surface area contributed by atoms with E-state index < -0.39 is 0 Å². The maximum atomic E-state index is 13.1. The summed E-state index contributed by atoms with van der Waals surface area (Å²) in [5.74, 6) is 0.386. The van der Waals surface area contributed by atoms with Gasteiger partial charge in [-0.3, -0.25) is 0 Å². The van der Waals surface area contributed by atoms with E-state index in [2.05, 4.69) is 26.6 Å². The first kappa shape index (κ1) is 20.1. The van der Waals surface area contributed by atoms with E-state index in [1.54, 1.807) is 6.07 Å². The molecule has 0 saturated carbocycles. The van der Waals surface area contributed by atoms with Gasteiger partial charge in [-0.05, 0) is 30.3 Å². The average Bonchev–Trinajstić information content (AvgIpc) is 2.58. The highest BCUT2D eigenvalue weighted by atomic mass is 79.9. The number of halogens is 3. The van der Waals surface area contributed by atoms with Crippen molar-refractivity contribution in [3.8, 4) is 5.75 Å². The van der Waals surface area contributed by atoms with Crippen LogP contribution in [0, 0.1) is 5.82 Å². The first-order valence-electron chi connectivity index (χ1n) is 7.97. The van der Waals surface area contributed by atoms with Crippen LogP contribution in [0.3, 0.4) is 0 Å². The average molecular weight is 432 g/mol. The summed E-state index contributed by atoms with van der Waals surface area (Å²) in [7, 11) is 0. The van der Waals surface area contributed by atoms with Gasteiger partial charge in [0, 0.05) is 41.8 Å². The van der Waals surface area contributed by atoms with Crippen LogP contribution in [-0.4, -0.2) is 31.3 Å². The van der Waals surface area contributed by atoms with Crippen molar-refractivity contribution in [3.05, 3.63) is 62.8 Å². The van der Waals surface area contributed by atoms with Crippen LogP contribution in [0.2, 0.25) is 5.02 Å². The van der Waals surface area contributed by atoms with Gasteiger partial charge in [0.15, 0.2) is 0 Å². The van der Waals surface area contributed by atoms with Crippen molar-refractivity contribution in [2.45, 2.75) is 13.2 Å². The topological polar surface area (TPSA) is 53.5 Å². The summed E-state index contributed by atoms with van der Waals surface area (Å²) in [5.41, 5.74) is 1.74. The monoisotopic (exact) mass is 430 g/mol. The minimum atomic E-state index is -0.364. The van der Waals surface area contributed by atoms with E-state index in [4.69, 9.17) is 21.4 Å². The van der Waals surface area contributed by atoms with E-state index in [-0.39, 0.29) is 19.0 Å². The maximum Gasteiger partial charge on any atom is 0.124 e. The van der Waals surface area contributed by atoms with Gasteiger partial charge in [-0.1, -0.05) is 33.6 Å². The number of nitrogens with one attached hydrogen (secondary N) is 2. The minimum absolute atomic E-state index is 0.134. The van der Waals surface area contributed by atoms with Crippen molar-refractivity contribution in [2.75, 3.05) is 26.2 Å². The summed E-state index contributed by atoms with van der Waals surface area (Å²) in [5, 5.41) is 15.5. The highest BCUT2D eigenvalue weighted by Gasteiger charge is 2.07. The Labute approximate surface area is 160 Å². The fraction of sp³-hybridized carbons (Fsp3) is 0.333. The molecule has 0 heterocycles. The number of hydrogen-bond donors (Lipinski definition) is 3. The summed E-state index contributed by atoms with van der Waals surface area (Å²) >= 11 is 9.51. The number of ether oxygens (including phenoxy) is 1. The predicted molar refractivity (Wildman–Crippen MR) is 102 cm³/mol. The van der Waals surface area contributed by atoms with E-state index in [1.807, 2.05) is 18.2 Å². The zero-order valence-corrected chi connectivity index (χ0v) is 16.0. The molecule has 0 radical (unpaired) electrons. The van der Waals surface area contributed by atoms with Crippen molar-refractivity contribution < 1.29 is 14.2 Å². The molecule has 2 rings (SSSR count). The largest absolute Gasteiger partial charge is 0.489 e. The van der Waals surface area contributed by atoms with Crippen molar-refractivity contribution in [1.29, 1.82) is 0 Å². The Morgan fingerprint density at radius 1 is 1.04 bits per heavy atom. The van der Waals surface area contributed by atoms with Gasteiger partial charge in [-0.25, -0.2) is 4.39 Å². The lowest BCUT2D eigenvalue weighted by Crippen LogP contribution is -2.28. The van der Waals surface area contributed by atoms with Crippen molar-refractivity contribution >= 4 is 27.5 Å². The standard InChI is InChI=1S/C18H21BrClFN2O2/c19-15-2-4-18(14(9-15)11-23-6-5-22-7-8-24)25-12-13-1-3-16(21)10-17(13)20/h1-4,9-10,22-24H,5-8,11-12H2. The Morgan fingerprint density at radius 3 is 2.60 bits per heavy atom. The van der Waals surface area contributed by atoms with Crippen LogP contribution in [-0.2, 0) is 13.2 Å². The summed E-state index contributed by atoms with van der Waals surface area (Å²) in [6.07, 6.45) is 0. The molecule has 0 atom stereocenters. The van der Waals surface area contributed by atoms with Crippen LogP contribution in [0.1, 0.15) is 11.1 Å². The molecule has 0 unspecified atom stereocenters. The molecule has 0 spiro atoms. The number of aliphatic hydroxyl groups is 1. The van der Waals surface area contributed by atoms with Crippen LogP contribution in [0.4, 0.5) is 4.39 Å². The van der Waals surface area contributed by atoms with E-state index >= 15 is 0 Å². The summed E-state index contributed by atoms with van der Waals surface area (Å²) in [6.45, 7) is 3.19. The normalized spacial score (nSPS) is 10.9. The molecule has 2 aromatic rings. The molecule has 0 aromatic heterocycles. The molecule has 0 fully saturated rings. The predicted octanol–water partition coefficient (Wildman–Crippen LogP) is 3.49. The SMILES string of the molecule is OCCNCCNCc1cc(Br)ccc1OCc1ccc(F)cc1Cl. The van der Waals surface area contributed by atoms with Gasteiger partial charge in [0.2, 0.25) is 0 Å². The molecule has 4 nitrogen and oxygen atoms in total. The quantitative estimate of drug-likeness (QED) is 0.504. The summed E-state index contributed by atoms with van der Waals surface area (Å²) in [4.78, 5) is 0. The van der Waals surface area contributed by atoms with Crippen molar-refractivity contribution in [1.82, 2.24) is 10.6 Å².